The highest BCUT2D eigenvalue weighted by atomic mass is 16.2. The van der Waals surface area contributed by atoms with E-state index in [0.29, 0.717) is 30.4 Å². The first-order valence-corrected chi connectivity index (χ1v) is 9.76. The summed E-state index contributed by atoms with van der Waals surface area (Å²) >= 11 is 0. The van der Waals surface area contributed by atoms with Crippen LogP contribution in [-0.4, -0.2) is 56.1 Å². The maximum absolute atomic E-state index is 13.3. The number of anilines is 3. The molecule has 0 bridgehead atoms. The molecule has 0 unspecified atom stereocenters. The standard InChI is InChI=1S/C21H30N6O/c1-6-23-20-24-13-17-18(25-20)26(5)10-11-27(19(17)28)16-9-7-8-15(12-16)21(2,3)14-22-4/h7-9,12-13,22H,6,10-11,14H2,1-5H3,(H,23,24,25). The van der Waals surface area contributed by atoms with Gasteiger partial charge in [-0.05, 0) is 31.7 Å². The molecule has 0 atom stereocenters. The van der Waals surface area contributed by atoms with E-state index in [1.807, 2.05) is 43.0 Å². The minimum atomic E-state index is -0.0639. The first-order valence-electron chi connectivity index (χ1n) is 9.76. The molecule has 1 aliphatic rings. The molecule has 1 aromatic heterocycles. The van der Waals surface area contributed by atoms with Crippen LogP contribution in [-0.2, 0) is 5.41 Å². The molecule has 150 valence electrons. The van der Waals surface area contributed by atoms with Gasteiger partial charge >= 0.3 is 0 Å². The number of hydrogen-bond acceptors (Lipinski definition) is 6. The Morgan fingerprint density at radius 2 is 2.04 bits per heavy atom. The molecule has 1 aliphatic heterocycles. The van der Waals surface area contributed by atoms with Crippen LogP contribution >= 0.6 is 0 Å². The third kappa shape index (κ3) is 3.94. The van der Waals surface area contributed by atoms with Crippen LogP contribution in [0.1, 0.15) is 36.7 Å². The highest BCUT2D eigenvalue weighted by Crippen LogP contribution is 2.30. The average Bonchev–Trinajstić information content (AvgIpc) is 2.79. The van der Waals surface area contributed by atoms with Crippen LogP contribution in [0.5, 0.6) is 0 Å². The summed E-state index contributed by atoms with van der Waals surface area (Å²) in [5, 5.41) is 6.36. The van der Waals surface area contributed by atoms with Crippen molar-refractivity contribution in [3.8, 4) is 0 Å². The van der Waals surface area contributed by atoms with Crippen LogP contribution in [0.3, 0.4) is 0 Å². The van der Waals surface area contributed by atoms with E-state index in [1.165, 1.54) is 5.56 Å². The van der Waals surface area contributed by atoms with E-state index in [0.717, 1.165) is 18.8 Å². The van der Waals surface area contributed by atoms with Crippen molar-refractivity contribution in [2.75, 3.05) is 55.4 Å². The van der Waals surface area contributed by atoms with Gasteiger partial charge in [-0.15, -0.1) is 0 Å². The monoisotopic (exact) mass is 382 g/mol. The Morgan fingerprint density at radius 1 is 1.25 bits per heavy atom. The summed E-state index contributed by atoms with van der Waals surface area (Å²) in [5.41, 5.74) is 2.60. The summed E-state index contributed by atoms with van der Waals surface area (Å²) in [6.07, 6.45) is 1.63. The van der Waals surface area contributed by atoms with E-state index in [-0.39, 0.29) is 11.3 Å². The second-order valence-corrected chi connectivity index (χ2v) is 7.80. The lowest BCUT2D eigenvalue weighted by Gasteiger charge is -2.27. The summed E-state index contributed by atoms with van der Waals surface area (Å²) in [5.74, 6) is 1.15. The molecule has 0 saturated heterocycles. The summed E-state index contributed by atoms with van der Waals surface area (Å²) < 4.78 is 0. The van der Waals surface area contributed by atoms with E-state index in [2.05, 4.69) is 46.6 Å². The molecule has 7 heteroatoms. The number of likely N-dealkylation sites (N-methyl/N-ethyl adjacent to an activating group) is 2. The van der Waals surface area contributed by atoms with Gasteiger partial charge in [-0.2, -0.15) is 4.98 Å². The van der Waals surface area contributed by atoms with Gasteiger partial charge in [-0.1, -0.05) is 26.0 Å². The molecule has 3 rings (SSSR count). The van der Waals surface area contributed by atoms with Crippen LogP contribution < -0.4 is 20.4 Å². The van der Waals surface area contributed by atoms with Crippen molar-refractivity contribution >= 4 is 23.4 Å². The first kappa shape index (κ1) is 20.1. The molecular weight excluding hydrogens is 352 g/mol. The highest BCUT2D eigenvalue weighted by molar-refractivity contribution is 6.09. The van der Waals surface area contributed by atoms with E-state index in [4.69, 9.17) is 0 Å². The van der Waals surface area contributed by atoms with E-state index in [1.54, 1.807) is 6.20 Å². The number of nitrogens with one attached hydrogen (secondary N) is 2. The lowest BCUT2D eigenvalue weighted by molar-refractivity contribution is 0.0989. The van der Waals surface area contributed by atoms with Crippen LogP contribution in [0.4, 0.5) is 17.5 Å². The van der Waals surface area contributed by atoms with Gasteiger partial charge in [0.15, 0.2) is 0 Å². The summed E-state index contributed by atoms with van der Waals surface area (Å²) in [4.78, 5) is 26.0. The van der Waals surface area contributed by atoms with Crippen LogP contribution in [0.15, 0.2) is 30.5 Å². The predicted octanol–water partition coefficient (Wildman–Crippen LogP) is 2.50. The van der Waals surface area contributed by atoms with Crippen molar-refractivity contribution in [2.24, 2.45) is 0 Å². The summed E-state index contributed by atoms with van der Waals surface area (Å²) in [6.45, 7) is 9.28. The molecule has 0 spiro atoms. The molecule has 2 N–H and O–H groups in total. The van der Waals surface area contributed by atoms with Gasteiger partial charge in [-0.3, -0.25) is 4.79 Å². The quantitative estimate of drug-likeness (QED) is 0.800. The Morgan fingerprint density at radius 3 is 2.75 bits per heavy atom. The number of aromatic nitrogens is 2. The van der Waals surface area contributed by atoms with Gasteiger partial charge in [0.2, 0.25) is 5.95 Å². The third-order valence-corrected chi connectivity index (χ3v) is 5.16. The molecular formula is C21H30N6O. The Labute approximate surface area is 167 Å². The molecule has 0 radical (unpaired) electrons. The van der Waals surface area contributed by atoms with Gasteiger partial charge in [0.05, 0.1) is 0 Å². The topological polar surface area (TPSA) is 73.4 Å². The van der Waals surface area contributed by atoms with Crippen LogP contribution in [0.25, 0.3) is 0 Å². The number of fused-ring (bicyclic) bond motifs is 1. The fraction of sp³-hybridized carbons (Fsp3) is 0.476. The lowest BCUT2D eigenvalue weighted by Crippen LogP contribution is -2.34. The predicted molar refractivity (Wildman–Crippen MR) is 115 cm³/mol. The molecule has 2 aromatic rings. The van der Waals surface area contributed by atoms with Crippen molar-refractivity contribution in [3.05, 3.63) is 41.6 Å². The molecule has 0 saturated carbocycles. The molecule has 1 amide bonds. The molecule has 0 aliphatic carbocycles. The van der Waals surface area contributed by atoms with Gasteiger partial charge in [-0.25, -0.2) is 4.98 Å². The molecule has 2 heterocycles. The largest absolute Gasteiger partial charge is 0.357 e. The first-order chi connectivity index (χ1) is 13.4. The number of nitrogens with zero attached hydrogens (tertiary/aromatic N) is 4. The van der Waals surface area contributed by atoms with Gasteiger partial charge in [0.25, 0.3) is 5.91 Å². The Hall–Kier alpha value is -2.67. The normalized spacial score (nSPS) is 14.7. The smallest absolute Gasteiger partial charge is 0.263 e. The SMILES string of the molecule is CCNc1ncc2c(n1)N(C)CCN(c1cccc(C(C)(C)CNC)c1)C2=O. The second kappa shape index (κ2) is 8.14. The van der Waals surface area contributed by atoms with Crippen molar-refractivity contribution in [2.45, 2.75) is 26.2 Å². The molecule has 28 heavy (non-hydrogen) atoms. The van der Waals surface area contributed by atoms with Gasteiger partial charge in [0, 0.05) is 50.5 Å². The minimum Gasteiger partial charge on any atom is -0.357 e. The number of amides is 1. The summed E-state index contributed by atoms with van der Waals surface area (Å²) in [7, 11) is 3.92. The van der Waals surface area contributed by atoms with E-state index >= 15 is 0 Å². The molecule has 1 aromatic carbocycles. The minimum absolute atomic E-state index is 0.0296. The third-order valence-electron chi connectivity index (χ3n) is 5.16. The van der Waals surface area contributed by atoms with Gasteiger partial charge in [0.1, 0.15) is 11.4 Å². The van der Waals surface area contributed by atoms with Crippen molar-refractivity contribution in [1.82, 2.24) is 15.3 Å². The van der Waals surface area contributed by atoms with Gasteiger partial charge < -0.3 is 20.4 Å². The van der Waals surface area contributed by atoms with Crippen molar-refractivity contribution in [1.29, 1.82) is 0 Å². The fourth-order valence-corrected chi connectivity index (χ4v) is 3.55. The second-order valence-electron chi connectivity index (χ2n) is 7.80. The maximum Gasteiger partial charge on any atom is 0.263 e. The maximum atomic E-state index is 13.3. The number of carbonyl (C=O) groups is 1. The van der Waals surface area contributed by atoms with Crippen molar-refractivity contribution in [3.63, 3.8) is 0 Å². The van der Waals surface area contributed by atoms with Crippen molar-refractivity contribution < 1.29 is 4.79 Å². The number of carbonyl (C=O) groups excluding carboxylic acids is 1. The van der Waals surface area contributed by atoms with E-state index in [9.17, 15) is 4.79 Å². The molecule has 7 nitrogen and oxygen atoms in total. The van der Waals surface area contributed by atoms with Crippen LogP contribution in [0.2, 0.25) is 0 Å². The number of benzene rings is 1. The number of rotatable bonds is 6. The zero-order valence-electron chi connectivity index (χ0n) is 17.4. The Balaban J connectivity index is 1.97. The average molecular weight is 383 g/mol. The fourth-order valence-electron chi connectivity index (χ4n) is 3.55. The summed E-state index contributed by atoms with van der Waals surface area (Å²) in [6, 6.07) is 8.26. The lowest BCUT2D eigenvalue weighted by atomic mass is 9.84. The van der Waals surface area contributed by atoms with Crippen LogP contribution in [0, 0.1) is 0 Å². The highest BCUT2D eigenvalue weighted by Gasteiger charge is 2.29. The zero-order chi connectivity index (χ0) is 20.3. The Kier molecular flexibility index (Phi) is 5.84. The zero-order valence-corrected chi connectivity index (χ0v) is 17.4. The number of hydrogen-bond donors (Lipinski definition) is 2. The van der Waals surface area contributed by atoms with E-state index < -0.39 is 0 Å². The molecule has 0 fully saturated rings. The Bertz CT molecular complexity index is 851.